The summed E-state index contributed by atoms with van der Waals surface area (Å²) in [5.74, 6) is -1.28. The van der Waals surface area contributed by atoms with Crippen LogP contribution < -0.4 is 5.32 Å². The molecule has 2 rings (SSSR count). The van der Waals surface area contributed by atoms with Crippen LogP contribution in [-0.4, -0.2) is 34.2 Å². The standard InChI is InChI=1S/C15H19NO4/c17-13-8-4-3-7-12(13)16-14(18)9-10-5-1-2-6-11(10)15(19)20/h1-2,5-6,12-13,17H,3-4,7-9H2,(H,16,18)(H,19,20)/t12-,13-/m0/s1. The first-order valence-electron chi connectivity index (χ1n) is 6.86. The van der Waals surface area contributed by atoms with Crippen LogP contribution in [-0.2, 0) is 11.2 Å². The number of carboxylic acids is 1. The third-order valence-electron chi connectivity index (χ3n) is 3.67. The summed E-state index contributed by atoms with van der Waals surface area (Å²) in [5.41, 5.74) is 0.634. The van der Waals surface area contributed by atoms with Crippen LogP contribution in [0, 0.1) is 0 Å². The van der Waals surface area contributed by atoms with Gasteiger partial charge in [-0.3, -0.25) is 4.79 Å². The minimum Gasteiger partial charge on any atom is -0.478 e. The molecule has 0 saturated heterocycles. The average molecular weight is 277 g/mol. The number of nitrogens with one attached hydrogen (secondary N) is 1. The first kappa shape index (κ1) is 14.5. The number of benzene rings is 1. The Morgan fingerprint density at radius 1 is 1.20 bits per heavy atom. The fraction of sp³-hybridized carbons (Fsp3) is 0.467. The summed E-state index contributed by atoms with van der Waals surface area (Å²) in [4.78, 5) is 23.1. The monoisotopic (exact) mass is 277 g/mol. The van der Waals surface area contributed by atoms with Crippen molar-refractivity contribution in [2.45, 2.75) is 44.2 Å². The Balaban J connectivity index is 1.99. The summed E-state index contributed by atoms with van der Waals surface area (Å²) in [6.45, 7) is 0. The predicted molar refractivity (Wildman–Crippen MR) is 73.5 cm³/mol. The van der Waals surface area contributed by atoms with Crippen molar-refractivity contribution in [3.8, 4) is 0 Å². The van der Waals surface area contributed by atoms with Gasteiger partial charge in [0.05, 0.1) is 24.1 Å². The maximum Gasteiger partial charge on any atom is 0.335 e. The van der Waals surface area contributed by atoms with Crippen molar-refractivity contribution in [3.05, 3.63) is 35.4 Å². The van der Waals surface area contributed by atoms with Crippen LogP contribution in [0.15, 0.2) is 24.3 Å². The van der Waals surface area contributed by atoms with E-state index in [-0.39, 0.29) is 23.9 Å². The Bertz CT molecular complexity index is 500. The molecular weight excluding hydrogens is 258 g/mol. The zero-order chi connectivity index (χ0) is 14.5. The first-order chi connectivity index (χ1) is 9.58. The summed E-state index contributed by atoms with van der Waals surface area (Å²) in [6.07, 6.45) is 2.97. The second-order valence-corrected chi connectivity index (χ2v) is 5.16. The number of amides is 1. The molecule has 0 unspecified atom stereocenters. The zero-order valence-corrected chi connectivity index (χ0v) is 11.2. The third-order valence-corrected chi connectivity index (χ3v) is 3.67. The van der Waals surface area contributed by atoms with Crippen molar-refractivity contribution in [1.82, 2.24) is 5.32 Å². The fourth-order valence-corrected chi connectivity index (χ4v) is 2.59. The molecule has 0 spiro atoms. The average Bonchev–Trinajstić information content (AvgIpc) is 2.41. The number of carbonyl (C=O) groups is 2. The molecule has 1 aliphatic rings. The molecule has 1 fully saturated rings. The molecule has 0 heterocycles. The van der Waals surface area contributed by atoms with Crippen LogP contribution in [0.2, 0.25) is 0 Å². The smallest absolute Gasteiger partial charge is 0.335 e. The summed E-state index contributed by atoms with van der Waals surface area (Å²) < 4.78 is 0. The van der Waals surface area contributed by atoms with Gasteiger partial charge in [0.15, 0.2) is 0 Å². The molecule has 0 bridgehead atoms. The van der Waals surface area contributed by atoms with Crippen molar-refractivity contribution < 1.29 is 19.8 Å². The van der Waals surface area contributed by atoms with Gasteiger partial charge in [0.1, 0.15) is 0 Å². The van der Waals surface area contributed by atoms with E-state index in [1.165, 1.54) is 6.07 Å². The summed E-state index contributed by atoms with van der Waals surface area (Å²) in [5, 5.41) is 21.7. The second-order valence-electron chi connectivity index (χ2n) is 5.16. The molecular formula is C15H19NO4. The number of aliphatic hydroxyl groups is 1. The van der Waals surface area contributed by atoms with Crippen molar-refractivity contribution in [2.75, 3.05) is 0 Å². The van der Waals surface area contributed by atoms with E-state index in [4.69, 9.17) is 5.11 Å². The topological polar surface area (TPSA) is 86.6 Å². The second kappa shape index (κ2) is 6.52. The van der Waals surface area contributed by atoms with Gasteiger partial charge in [0, 0.05) is 0 Å². The fourth-order valence-electron chi connectivity index (χ4n) is 2.59. The van der Waals surface area contributed by atoms with Crippen LogP contribution in [0.25, 0.3) is 0 Å². The maximum atomic E-state index is 12.0. The zero-order valence-electron chi connectivity index (χ0n) is 11.2. The molecule has 3 N–H and O–H groups in total. The minimum atomic E-state index is -1.04. The van der Waals surface area contributed by atoms with Crippen LogP contribution in [0.5, 0.6) is 0 Å². The Morgan fingerprint density at radius 3 is 2.60 bits per heavy atom. The van der Waals surface area contributed by atoms with E-state index in [0.29, 0.717) is 12.0 Å². The van der Waals surface area contributed by atoms with Gasteiger partial charge in [-0.1, -0.05) is 31.0 Å². The van der Waals surface area contributed by atoms with E-state index in [2.05, 4.69) is 5.32 Å². The molecule has 20 heavy (non-hydrogen) atoms. The highest BCUT2D eigenvalue weighted by Crippen LogP contribution is 2.18. The van der Waals surface area contributed by atoms with Gasteiger partial charge in [-0.05, 0) is 24.5 Å². The van der Waals surface area contributed by atoms with E-state index in [1.807, 2.05) is 0 Å². The van der Waals surface area contributed by atoms with Gasteiger partial charge in [0.25, 0.3) is 0 Å². The van der Waals surface area contributed by atoms with Crippen molar-refractivity contribution in [2.24, 2.45) is 0 Å². The lowest BCUT2D eigenvalue weighted by molar-refractivity contribution is -0.122. The molecule has 1 amide bonds. The Kier molecular flexibility index (Phi) is 4.74. The molecule has 108 valence electrons. The van der Waals surface area contributed by atoms with Gasteiger partial charge in [-0.2, -0.15) is 0 Å². The highest BCUT2D eigenvalue weighted by molar-refractivity contribution is 5.91. The molecule has 1 aliphatic carbocycles. The molecule has 1 aromatic carbocycles. The van der Waals surface area contributed by atoms with Gasteiger partial charge >= 0.3 is 5.97 Å². The lowest BCUT2D eigenvalue weighted by Gasteiger charge is -2.28. The predicted octanol–water partition coefficient (Wildman–Crippen LogP) is 1.35. The molecule has 0 aromatic heterocycles. The lowest BCUT2D eigenvalue weighted by atomic mass is 9.92. The molecule has 0 radical (unpaired) electrons. The summed E-state index contributed by atoms with van der Waals surface area (Å²) in [7, 11) is 0. The molecule has 1 aromatic rings. The Hall–Kier alpha value is -1.88. The van der Waals surface area contributed by atoms with Gasteiger partial charge in [0.2, 0.25) is 5.91 Å². The van der Waals surface area contributed by atoms with E-state index in [0.717, 1.165) is 19.3 Å². The number of rotatable bonds is 4. The molecule has 0 aliphatic heterocycles. The highest BCUT2D eigenvalue weighted by atomic mass is 16.4. The molecule has 5 nitrogen and oxygen atoms in total. The van der Waals surface area contributed by atoms with Crippen molar-refractivity contribution in [1.29, 1.82) is 0 Å². The largest absolute Gasteiger partial charge is 0.478 e. The van der Waals surface area contributed by atoms with Crippen molar-refractivity contribution >= 4 is 11.9 Å². The normalized spacial score (nSPS) is 22.2. The molecule has 5 heteroatoms. The summed E-state index contributed by atoms with van der Waals surface area (Å²) >= 11 is 0. The molecule has 1 saturated carbocycles. The Labute approximate surface area is 117 Å². The van der Waals surface area contributed by atoms with E-state index < -0.39 is 12.1 Å². The van der Waals surface area contributed by atoms with E-state index in [1.54, 1.807) is 18.2 Å². The number of carboxylic acid groups (broad SMARTS) is 1. The first-order valence-corrected chi connectivity index (χ1v) is 6.86. The molecule has 2 atom stereocenters. The SMILES string of the molecule is O=C(Cc1ccccc1C(=O)O)N[C@H]1CCCC[C@@H]1O. The highest BCUT2D eigenvalue weighted by Gasteiger charge is 2.24. The summed E-state index contributed by atoms with van der Waals surface area (Å²) in [6, 6.07) is 6.26. The minimum absolute atomic E-state index is 0.0195. The third kappa shape index (κ3) is 3.57. The van der Waals surface area contributed by atoms with Crippen LogP contribution in [0.3, 0.4) is 0 Å². The van der Waals surface area contributed by atoms with Gasteiger partial charge in [-0.15, -0.1) is 0 Å². The number of aliphatic hydroxyl groups excluding tert-OH is 1. The number of carbonyl (C=O) groups excluding carboxylic acids is 1. The quantitative estimate of drug-likeness (QED) is 0.775. The number of aromatic carboxylic acids is 1. The van der Waals surface area contributed by atoms with Gasteiger partial charge < -0.3 is 15.5 Å². The number of hydrogen-bond acceptors (Lipinski definition) is 3. The maximum absolute atomic E-state index is 12.0. The van der Waals surface area contributed by atoms with E-state index >= 15 is 0 Å². The Morgan fingerprint density at radius 2 is 1.90 bits per heavy atom. The van der Waals surface area contributed by atoms with Gasteiger partial charge in [-0.25, -0.2) is 4.79 Å². The van der Waals surface area contributed by atoms with Crippen LogP contribution >= 0.6 is 0 Å². The number of hydrogen-bond donors (Lipinski definition) is 3. The van der Waals surface area contributed by atoms with Crippen LogP contribution in [0.4, 0.5) is 0 Å². The lowest BCUT2D eigenvalue weighted by Crippen LogP contribution is -2.45. The van der Waals surface area contributed by atoms with E-state index in [9.17, 15) is 14.7 Å². The van der Waals surface area contributed by atoms with Crippen molar-refractivity contribution in [3.63, 3.8) is 0 Å². The van der Waals surface area contributed by atoms with Crippen LogP contribution in [0.1, 0.15) is 41.6 Å².